The van der Waals surface area contributed by atoms with Crippen molar-refractivity contribution < 1.29 is 14.3 Å². The molecule has 1 aromatic heterocycles. The van der Waals surface area contributed by atoms with E-state index in [1.54, 1.807) is 18.2 Å². The van der Waals surface area contributed by atoms with E-state index in [-0.39, 0.29) is 17.9 Å². The Hall–Kier alpha value is -3.93. The topological polar surface area (TPSA) is 77.4 Å². The van der Waals surface area contributed by atoms with Crippen LogP contribution in [0.25, 0.3) is 21.8 Å². The minimum absolute atomic E-state index is 0.0157. The second kappa shape index (κ2) is 8.07. The van der Waals surface area contributed by atoms with Crippen LogP contribution in [0.1, 0.15) is 21.5 Å². The van der Waals surface area contributed by atoms with Crippen molar-refractivity contribution in [3.63, 3.8) is 0 Å². The van der Waals surface area contributed by atoms with E-state index in [2.05, 4.69) is 5.32 Å². The van der Waals surface area contributed by atoms with Crippen LogP contribution in [-0.2, 0) is 16.1 Å². The van der Waals surface area contributed by atoms with Crippen molar-refractivity contribution >= 4 is 39.4 Å². The number of rotatable bonds is 4. The van der Waals surface area contributed by atoms with Crippen molar-refractivity contribution in [3.05, 3.63) is 87.6 Å². The Labute approximate surface area is 179 Å². The minimum atomic E-state index is -0.450. The van der Waals surface area contributed by atoms with Crippen molar-refractivity contribution in [3.8, 4) is 0 Å². The number of esters is 1. The molecule has 4 rings (SSSR count). The first-order valence-corrected chi connectivity index (χ1v) is 9.90. The molecule has 0 aliphatic carbocycles. The van der Waals surface area contributed by atoms with Crippen LogP contribution in [0.3, 0.4) is 0 Å². The number of aryl methyl sites for hydroxylation is 1. The number of amides is 1. The molecule has 0 saturated heterocycles. The standard InChI is InChI=1S/C25H22N2O4/c1-15-12-17(13-20(16(15)2)25(30)31-3)26-23(28)14-27-21-10-6-4-8-18(21)24(29)19-9-5-7-11-22(19)27/h4-13H,14H2,1-3H3,(H,26,28). The lowest BCUT2D eigenvalue weighted by molar-refractivity contribution is -0.116. The fourth-order valence-electron chi connectivity index (χ4n) is 3.84. The molecule has 0 aliphatic rings. The van der Waals surface area contributed by atoms with Gasteiger partial charge in [0.1, 0.15) is 6.54 Å². The first-order valence-electron chi connectivity index (χ1n) is 9.90. The van der Waals surface area contributed by atoms with Gasteiger partial charge >= 0.3 is 5.97 Å². The minimum Gasteiger partial charge on any atom is -0.465 e. The number of aromatic nitrogens is 1. The molecular formula is C25H22N2O4. The van der Waals surface area contributed by atoms with Gasteiger partial charge in [0.05, 0.1) is 23.7 Å². The summed E-state index contributed by atoms with van der Waals surface area (Å²) in [6.07, 6.45) is 0. The molecule has 156 valence electrons. The Morgan fingerprint density at radius 1 is 0.935 bits per heavy atom. The number of methoxy groups -OCH3 is 1. The molecule has 1 heterocycles. The third-order valence-electron chi connectivity index (χ3n) is 5.54. The highest BCUT2D eigenvalue weighted by Gasteiger charge is 2.16. The van der Waals surface area contributed by atoms with Gasteiger partial charge in [-0.2, -0.15) is 0 Å². The predicted molar refractivity (Wildman–Crippen MR) is 122 cm³/mol. The van der Waals surface area contributed by atoms with Gasteiger partial charge in [-0.05, 0) is 61.4 Å². The highest BCUT2D eigenvalue weighted by atomic mass is 16.5. The summed E-state index contributed by atoms with van der Waals surface area (Å²) in [5.41, 5.74) is 3.94. The molecule has 3 aromatic carbocycles. The zero-order valence-electron chi connectivity index (χ0n) is 17.6. The molecule has 0 aliphatic heterocycles. The van der Waals surface area contributed by atoms with Crippen molar-refractivity contribution in [1.82, 2.24) is 4.57 Å². The monoisotopic (exact) mass is 414 g/mol. The number of nitrogens with one attached hydrogen (secondary N) is 1. The van der Waals surface area contributed by atoms with E-state index in [1.807, 2.05) is 60.9 Å². The molecule has 0 unspecified atom stereocenters. The number of pyridine rings is 1. The zero-order valence-corrected chi connectivity index (χ0v) is 17.6. The van der Waals surface area contributed by atoms with Gasteiger partial charge in [-0.3, -0.25) is 9.59 Å². The Morgan fingerprint density at radius 3 is 2.10 bits per heavy atom. The summed E-state index contributed by atoms with van der Waals surface area (Å²) in [6.45, 7) is 3.73. The highest BCUT2D eigenvalue weighted by Crippen LogP contribution is 2.22. The summed E-state index contributed by atoms with van der Waals surface area (Å²) in [5.74, 6) is -0.716. The molecule has 4 aromatic rings. The Balaban J connectivity index is 1.75. The largest absolute Gasteiger partial charge is 0.465 e. The summed E-state index contributed by atoms with van der Waals surface area (Å²) >= 11 is 0. The van der Waals surface area contributed by atoms with Gasteiger partial charge in [0.25, 0.3) is 0 Å². The normalized spacial score (nSPS) is 10.9. The van der Waals surface area contributed by atoms with E-state index in [0.29, 0.717) is 33.1 Å². The predicted octanol–water partition coefficient (Wildman–Crippen LogP) is 4.20. The number of carbonyl (C=O) groups excluding carboxylic acids is 2. The van der Waals surface area contributed by atoms with E-state index in [1.165, 1.54) is 7.11 Å². The number of carbonyl (C=O) groups is 2. The van der Waals surface area contributed by atoms with Crippen LogP contribution in [0, 0.1) is 13.8 Å². The van der Waals surface area contributed by atoms with Crippen LogP contribution >= 0.6 is 0 Å². The van der Waals surface area contributed by atoms with Gasteiger partial charge in [0, 0.05) is 16.5 Å². The zero-order chi connectivity index (χ0) is 22.1. The Morgan fingerprint density at radius 2 is 1.52 bits per heavy atom. The van der Waals surface area contributed by atoms with E-state index >= 15 is 0 Å². The first kappa shape index (κ1) is 20.3. The van der Waals surface area contributed by atoms with Gasteiger partial charge in [-0.15, -0.1) is 0 Å². The van der Waals surface area contributed by atoms with E-state index in [9.17, 15) is 14.4 Å². The van der Waals surface area contributed by atoms with Crippen molar-refractivity contribution in [2.45, 2.75) is 20.4 Å². The van der Waals surface area contributed by atoms with Gasteiger partial charge in [-0.25, -0.2) is 4.79 Å². The van der Waals surface area contributed by atoms with Gasteiger partial charge in [-0.1, -0.05) is 24.3 Å². The van der Waals surface area contributed by atoms with Gasteiger partial charge < -0.3 is 14.6 Å². The Bertz CT molecular complexity index is 1340. The molecule has 0 atom stereocenters. The fraction of sp³-hybridized carbons (Fsp3) is 0.160. The molecule has 31 heavy (non-hydrogen) atoms. The van der Waals surface area contributed by atoms with E-state index in [4.69, 9.17) is 4.74 Å². The molecule has 0 saturated carbocycles. The third kappa shape index (κ3) is 3.68. The summed E-state index contributed by atoms with van der Waals surface area (Å²) in [7, 11) is 1.33. The van der Waals surface area contributed by atoms with E-state index < -0.39 is 5.97 Å². The summed E-state index contributed by atoms with van der Waals surface area (Å²) in [4.78, 5) is 37.9. The average Bonchev–Trinajstić information content (AvgIpc) is 2.78. The second-order valence-corrected chi connectivity index (χ2v) is 7.46. The number of fused-ring (bicyclic) bond motifs is 2. The molecule has 0 radical (unpaired) electrons. The molecule has 0 fully saturated rings. The lowest BCUT2D eigenvalue weighted by Gasteiger charge is -2.16. The molecule has 6 heteroatoms. The van der Waals surface area contributed by atoms with Crippen LogP contribution < -0.4 is 10.7 Å². The first-order chi connectivity index (χ1) is 14.9. The number of para-hydroxylation sites is 2. The average molecular weight is 414 g/mol. The number of anilines is 1. The lowest BCUT2D eigenvalue weighted by atomic mass is 10.0. The number of hydrogen-bond donors (Lipinski definition) is 1. The molecular weight excluding hydrogens is 392 g/mol. The number of hydrogen-bond acceptors (Lipinski definition) is 4. The number of benzene rings is 3. The maximum atomic E-state index is 13.0. The lowest BCUT2D eigenvalue weighted by Crippen LogP contribution is -2.22. The molecule has 6 nitrogen and oxygen atoms in total. The van der Waals surface area contributed by atoms with Crippen LogP contribution in [0.5, 0.6) is 0 Å². The summed E-state index contributed by atoms with van der Waals surface area (Å²) in [5, 5.41) is 4.00. The van der Waals surface area contributed by atoms with Gasteiger partial charge in [0.15, 0.2) is 5.43 Å². The third-order valence-corrected chi connectivity index (χ3v) is 5.54. The maximum Gasteiger partial charge on any atom is 0.338 e. The number of ether oxygens (including phenoxy) is 1. The number of nitrogens with zero attached hydrogens (tertiary/aromatic N) is 1. The maximum absolute atomic E-state index is 13.0. The quantitative estimate of drug-likeness (QED) is 0.401. The fourth-order valence-corrected chi connectivity index (χ4v) is 3.84. The van der Waals surface area contributed by atoms with Crippen molar-refractivity contribution in [2.75, 3.05) is 12.4 Å². The van der Waals surface area contributed by atoms with Crippen LogP contribution in [0.4, 0.5) is 5.69 Å². The van der Waals surface area contributed by atoms with Crippen molar-refractivity contribution in [2.24, 2.45) is 0 Å². The molecule has 1 amide bonds. The summed E-state index contributed by atoms with van der Waals surface area (Å²) < 4.78 is 6.69. The smallest absolute Gasteiger partial charge is 0.338 e. The van der Waals surface area contributed by atoms with Crippen LogP contribution in [-0.4, -0.2) is 23.6 Å². The highest BCUT2D eigenvalue weighted by molar-refractivity contribution is 5.98. The Kier molecular flexibility index (Phi) is 5.29. The molecule has 1 N–H and O–H groups in total. The van der Waals surface area contributed by atoms with E-state index in [0.717, 1.165) is 11.1 Å². The SMILES string of the molecule is COC(=O)c1cc(NC(=O)Cn2c3ccccc3c(=O)c3ccccc32)cc(C)c1C. The van der Waals surface area contributed by atoms with Crippen LogP contribution in [0.2, 0.25) is 0 Å². The van der Waals surface area contributed by atoms with Crippen LogP contribution in [0.15, 0.2) is 65.5 Å². The summed E-state index contributed by atoms with van der Waals surface area (Å²) in [6, 6.07) is 18.0. The van der Waals surface area contributed by atoms with Gasteiger partial charge in [0.2, 0.25) is 5.91 Å². The van der Waals surface area contributed by atoms with Crippen molar-refractivity contribution in [1.29, 1.82) is 0 Å². The molecule has 0 spiro atoms. The second-order valence-electron chi connectivity index (χ2n) is 7.46. The molecule has 0 bridgehead atoms.